The number of aromatic amines is 1. The summed E-state index contributed by atoms with van der Waals surface area (Å²) < 4.78 is 10.5. The summed E-state index contributed by atoms with van der Waals surface area (Å²) in [6.07, 6.45) is 2.82. The molecule has 25 heavy (non-hydrogen) atoms. The van der Waals surface area contributed by atoms with Gasteiger partial charge in [0.1, 0.15) is 11.8 Å². The molecule has 0 spiro atoms. The smallest absolute Gasteiger partial charge is 0.407 e. The van der Waals surface area contributed by atoms with Crippen molar-refractivity contribution in [3.63, 3.8) is 0 Å². The first-order chi connectivity index (χ1) is 12.0. The van der Waals surface area contributed by atoms with Gasteiger partial charge in [-0.05, 0) is 37.1 Å². The van der Waals surface area contributed by atoms with Crippen molar-refractivity contribution in [3.8, 4) is 5.75 Å². The zero-order valence-corrected chi connectivity index (χ0v) is 14.5. The maximum absolute atomic E-state index is 11.7. The average Bonchev–Trinajstić information content (AvgIpc) is 2.97. The van der Waals surface area contributed by atoms with E-state index in [1.807, 2.05) is 32.0 Å². The Kier molecular flexibility index (Phi) is 6.68. The Morgan fingerprint density at radius 3 is 2.80 bits per heavy atom. The van der Waals surface area contributed by atoms with Crippen molar-refractivity contribution in [2.75, 3.05) is 13.2 Å². The van der Waals surface area contributed by atoms with Crippen LogP contribution in [0.4, 0.5) is 4.79 Å². The van der Waals surface area contributed by atoms with Gasteiger partial charge in [-0.3, -0.25) is 0 Å². The number of amides is 1. The molecule has 1 heterocycles. The molecule has 7 nitrogen and oxygen atoms in total. The molecule has 0 aliphatic heterocycles. The van der Waals surface area contributed by atoms with E-state index >= 15 is 0 Å². The summed E-state index contributed by atoms with van der Waals surface area (Å²) in [5, 5.41) is 12.7. The van der Waals surface area contributed by atoms with Crippen molar-refractivity contribution in [3.05, 3.63) is 30.0 Å². The number of carboxylic acids is 1. The van der Waals surface area contributed by atoms with Crippen molar-refractivity contribution < 1.29 is 24.2 Å². The number of H-pyrrole nitrogens is 1. The first-order valence-electron chi connectivity index (χ1n) is 8.44. The van der Waals surface area contributed by atoms with E-state index in [9.17, 15) is 14.7 Å². The van der Waals surface area contributed by atoms with Gasteiger partial charge in [-0.25, -0.2) is 9.59 Å². The Hall–Kier alpha value is -2.70. The minimum Gasteiger partial charge on any atom is -0.494 e. The lowest BCUT2D eigenvalue weighted by molar-refractivity contribution is -0.139. The monoisotopic (exact) mass is 348 g/mol. The van der Waals surface area contributed by atoms with Crippen molar-refractivity contribution in [2.24, 2.45) is 0 Å². The van der Waals surface area contributed by atoms with Crippen LogP contribution in [-0.4, -0.2) is 41.4 Å². The van der Waals surface area contributed by atoms with Crippen LogP contribution in [0.1, 0.15) is 32.3 Å². The van der Waals surface area contributed by atoms with Crippen LogP contribution in [0, 0.1) is 0 Å². The molecule has 3 N–H and O–H groups in total. The lowest BCUT2D eigenvalue weighted by Gasteiger charge is -2.14. The van der Waals surface area contributed by atoms with Crippen molar-refractivity contribution in [1.82, 2.24) is 10.3 Å². The number of fused-ring (bicyclic) bond motifs is 1. The number of alkyl carbamates (subject to hydrolysis) is 1. The second-order valence-corrected chi connectivity index (χ2v) is 5.68. The zero-order chi connectivity index (χ0) is 18.2. The summed E-state index contributed by atoms with van der Waals surface area (Å²) in [5.74, 6) is -0.391. The summed E-state index contributed by atoms with van der Waals surface area (Å²) in [6, 6.07) is 4.53. The zero-order valence-electron chi connectivity index (χ0n) is 14.5. The first kappa shape index (κ1) is 18.6. The number of hydrogen-bond donors (Lipinski definition) is 3. The van der Waals surface area contributed by atoms with Gasteiger partial charge >= 0.3 is 12.1 Å². The highest BCUT2D eigenvalue weighted by molar-refractivity contribution is 5.86. The standard InChI is InChI=1S/C18H24N2O5/c1-3-5-8-25-18(23)20-16(17(21)22)9-12-11-19-15-7-6-13(24-4-2)10-14(12)15/h6-7,10-11,16,19H,3-5,8-9H2,1-2H3,(H,20,23)(H,21,22)/t16-/m0/s1. The Balaban J connectivity index is 2.11. The molecule has 2 rings (SSSR count). The number of ether oxygens (including phenoxy) is 2. The molecule has 0 saturated carbocycles. The Labute approximate surface area is 146 Å². The van der Waals surface area contributed by atoms with E-state index < -0.39 is 18.1 Å². The average molecular weight is 348 g/mol. The molecule has 0 saturated heterocycles. The normalized spacial score (nSPS) is 11.9. The fraction of sp³-hybridized carbons (Fsp3) is 0.444. The van der Waals surface area contributed by atoms with E-state index in [0.717, 1.165) is 35.1 Å². The summed E-state index contributed by atoms with van der Waals surface area (Å²) in [6.45, 7) is 4.71. The molecule has 1 atom stereocenters. The molecule has 0 aliphatic carbocycles. The summed E-state index contributed by atoms with van der Waals surface area (Å²) in [4.78, 5) is 26.3. The van der Waals surface area contributed by atoms with Crippen molar-refractivity contribution in [1.29, 1.82) is 0 Å². The van der Waals surface area contributed by atoms with E-state index in [4.69, 9.17) is 9.47 Å². The summed E-state index contributed by atoms with van der Waals surface area (Å²) >= 11 is 0. The Morgan fingerprint density at radius 2 is 2.12 bits per heavy atom. The molecule has 2 aromatic rings. The predicted molar refractivity (Wildman–Crippen MR) is 94.0 cm³/mol. The minimum atomic E-state index is -1.11. The van der Waals surface area contributed by atoms with Crippen LogP contribution in [-0.2, 0) is 16.0 Å². The predicted octanol–water partition coefficient (Wildman–Crippen LogP) is 3.09. The van der Waals surface area contributed by atoms with Crippen molar-refractivity contribution in [2.45, 2.75) is 39.2 Å². The topological polar surface area (TPSA) is 101 Å². The largest absolute Gasteiger partial charge is 0.494 e. The van der Waals surface area contributed by atoms with Crippen LogP contribution >= 0.6 is 0 Å². The maximum atomic E-state index is 11.7. The third-order valence-corrected chi connectivity index (χ3v) is 3.80. The molecule has 0 fully saturated rings. The van der Waals surface area contributed by atoms with Gasteiger partial charge in [0.2, 0.25) is 0 Å². The van der Waals surface area contributed by atoms with Crippen LogP contribution in [0.15, 0.2) is 24.4 Å². The van der Waals surface area contributed by atoms with E-state index in [2.05, 4.69) is 10.3 Å². The molecule has 0 unspecified atom stereocenters. The van der Waals surface area contributed by atoms with Gasteiger partial charge in [-0.2, -0.15) is 0 Å². The third kappa shape index (κ3) is 5.14. The Bertz CT molecular complexity index is 725. The maximum Gasteiger partial charge on any atom is 0.407 e. The number of nitrogens with one attached hydrogen (secondary N) is 2. The molecule has 7 heteroatoms. The fourth-order valence-corrected chi connectivity index (χ4v) is 2.50. The molecule has 0 bridgehead atoms. The van der Waals surface area contributed by atoms with Gasteiger partial charge in [0, 0.05) is 23.5 Å². The highest BCUT2D eigenvalue weighted by Crippen LogP contribution is 2.24. The van der Waals surface area contributed by atoms with E-state index in [0.29, 0.717) is 6.61 Å². The molecule has 1 aromatic heterocycles. The number of hydrogen-bond acceptors (Lipinski definition) is 4. The SMILES string of the molecule is CCCCOC(=O)N[C@@H](Cc1c[nH]c2ccc(OCC)cc12)C(=O)O. The molecule has 1 aromatic carbocycles. The van der Waals surface area contributed by atoms with Gasteiger partial charge in [0.05, 0.1) is 13.2 Å². The minimum absolute atomic E-state index is 0.147. The third-order valence-electron chi connectivity index (χ3n) is 3.80. The highest BCUT2D eigenvalue weighted by atomic mass is 16.5. The van der Waals surface area contributed by atoms with Crippen LogP contribution in [0.2, 0.25) is 0 Å². The summed E-state index contributed by atoms with van der Waals surface area (Å²) in [5.41, 5.74) is 1.67. The fourth-order valence-electron chi connectivity index (χ4n) is 2.50. The van der Waals surface area contributed by atoms with Crippen LogP contribution < -0.4 is 10.1 Å². The van der Waals surface area contributed by atoms with E-state index in [1.165, 1.54) is 0 Å². The quantitative estimate of drug-likeness (QED) is 0.605. The number of rotatable bonds is 9. The van der Waals surface area contributed by atoms with E-state index in [1.54, 1.807) is 6.20 Å². The number of carboxylic acid groups (broad SMARTS) is 1. The molecule has 1 amide bonds. The number of carbonyl (C=O) groups is 2. The number of aromatic nitrogens is 1. The number of aliphatic carboxylic acids is 1. The number of carbonyl (C=O) groups excluding carboxylic acids is 1. The van der Waals surface area contributed by atoms with Crippen LogP contribution in [0.5, 0.6) is 5.75 Å². The molecule has 0 aliphatic rings. The van der Waals surface area contributed by atoms with Gasteiger partial charge < -0.3 is 24.9 Å². The van der Waals surface area contributed by atoms with Gasteiger partial charge in [0.25, 0.3) is 0 Å². The van der Waals surface area contributed by atoms with Gasteiger partial charge in [-0.15, -0.1) is 0 Å². The molecule has 136 valence electrons. The van der Waals surface area contributed by atoms with Crippen molar-refractivity contribution >= 4 is 23.0 Å². The number of benzene rings is 1. The van der Waals surface area contributed by atoms with Crippen LogP contribution in [0.3, 0.4) is 0 Å². The van der Waals surface area contributed by atoms with Gasteiger partial charge in [-0.1, -0.05) is 13.3 Å². The molecular weight excluding hydrogens is 324 g/mol. The second kappa shape index (κ2) is 8.96. The molecule has 0 radical (unpaired) electrons. The lowest BCUT2D eigenvalue weighted by Crippen LogP contribution is -2.42. The number of unbranched alkanes of at least 4 members (excludes halogenated alkanes) is 1. The van der Waals surface area contributed by atoms with Gasteiger partial charge in [0.15, 0.2) is 0 Å². The van der Waals surface area contributed by atoms with E-state index in [-0.39, 0.29) is 13.0 Å². The highest BCUT2D eigenvalue weighted by Gasteiger charge is 2.22. The Morgan fingerprint density at radius 1 is 1.32 bits per heavy atom. The lowest BCUT2D eigenvalue weighted by atomic mass is 10.0. The van der Waals surface area contributed by atoms with Crippen LogP contribution in [0.25, 0.3) is 10.9 Å². The summed E-state index contributed by atoms with van der Waals surface area (Å²) in [7, 11) is 0. The molecular formula is C18H24N2O5. The first-order valence-corrected chi connectivity index (χ1v) is 8.44. The second-order valence-electron chi connectivity index (χ2n) is 5.68.